The summed E-state index contributed by atoms with van der Waals surface area (Å²) in [5.41, 5.74) is 3.07. The van der Waals surface area contributed by atoms with Gasteiger partial charge >= 0.3 is 0 Å². The maximum absolute atomic E-state index is 3.77. The van der Waals surface area contributed by atoms with E-state index in [2.05, 4.69) is 34.5 Å². The van der Waals surface area contributed by atoms with Gasteiger partial charge in [-0.25, -0.2) is 0 Å². The van der Waals surface area contributed by atoms with Crippen molar-refractivity contribution < 1.29 is 0 Å². The molecular formula is C23H36N2. The van der Waals surface area contributed by atoms with E-state index in [4.69, 9.17) is 0 Å². The highest BCUT2D eigenvalue weighted by atomic mass is 15.1. The first kappa shape index (κ1) is 17.5. The van der Waals surface area contributed by atoms with Gasteiger partial charge in [-0.3, -0.25) is 4.90 Å². The zero-order chi connectivity index (χ0) is 16.9. The van der Waals surface area contributed by atoms with Crippen molar-refractivity contribution in [3.05, 3.63) is 35.4 Å². The van der Waals surface area contributed by atoms with E-state index in [0.29, 0.717) is 0 Å². The maximum atomic E-state index is 3.77. The van der Waals surface area contributed by atoms with Crippen molar-refractivity contribution in [3.63, 3.8) is 0 Å². The topological polar surface area (TPSA) is 15.3 Å². The van der Waals surface area contributed by atoms with Crippen LogP contribution in [0.1, 0.15) is 74.8 Å². The summed E-state index contributed by atoms with van der Waals surface area (Å²) in [6.45, 7) is 6.25. The van der Waals surface area contributed by atoms with Crippen LogP contribution in [0.3, 0.4) is 0 Å². The van der Waals surface area contributed by atoms with Crippen LogP contribution < -0.4 is 5.32 Å². The molecule has 1 aliphatic heterocycles. The summed E-state index contributed by atoms with van der Waals surface area (Å²) in [5, 5.41) is 3.77. The lowest BCUT2D eigenvalue weighted by atomic mass is 9.71. The summed E-state index contributed by atoms with van der Waals surface area (Å²) < 4.78 is 0. The van der Waals surface area contributed by atoms with Gasteiger partial charge in [0.15, 0.2) is 0 Å². The van der Waals surface area contributed by atoms with E-state index in [1.807, 2.05) is 0 Å². The molecule has 1 saturated heterocycles. The first-order valence-corrected chi connectivity index (χ1v) is 10.9. The van der Waals surface area contributed by atoms with Gasteiger partial charge in [0.05, 0.1) is 0 Å². The second-order valence-corrected chi connectivity index (χ2v) is 8.92. The second-order valence-electron chi connectivity index (χ2n) is 8.92. The van der Waals surface area contributed by atoms with Crippen LogP contribution in [-0.4, -0.2) is 31.1 Å². The summed E-state index contributed by atoms with van der Waals surface area (Å²) in [6.07, 6.45) is 12.9. The molecule has 0 radical (unpaired) electrons. The summed E-state index contributed by atoms with van der Waals surface area (Å²) >= 11 is 0. The van der Waals surface area contributed by atoms with Crippen LogP contribution >= 0.6 is 0 Å². The molecule has 1 heterocycles. The number of benzene rings is 1. The lowest BCUT2D eigenvalue weighted by Crippen LogP contribution is -2.34. The predicted octanol–water partition coefficient (Wildman–Crippen LogP) is 4.95. The lowest BCUT2D eigenvalue weighted by Gasteiger charge is -2.36. The molecule has 3 aliphatic rings. The van der Waals surface area contributed by atoms with E-state index >= 15 is 0 Å². The first-order chi connectivity index (χ1) is 12.4. The minimum Gasteiger partial charge on any atom is -0.316 e. The summed E-state index contributed by atoms with van der Waals surface area (Å²) in [5.74, 6) is 2.70. The van der Waals surface area contributed by atoms with Crippen LogP contribution in [0.2, 0.25) is 0 Å². The summed E-state index contributed by atoms with van der Waals surface area (Å²) in [6, 6.07) is 9.56. The third-order valence-electron chi connectivity index (χ3n) is 6.88. The van der Waals surface area contributed by atoms with Crippen LogP contribution in [0.5, 0.6) is 0 Å². The van der Waals surface area contributed by atoms with Crippen LogP contribution in [0.4, 0.5) is 0 Å². The maximum Gasteiger partial charge on any atom is 0.0233 e. The lowest BCUT2D eigenvalue weighted by molar-refractivity contribution is 0.243. The van der Waals surface area contributed by atoms with E-state index in [9.17, 15) is 0 Å². The van der Waals surface area contributed by atoms with Crippen LogP contribution in [0.15, 0.2) is 24.3 Å². The quantitative estimate of drug-likeness (QED) is 0.756. The molecule has 0 aromatic heterocycles. The van der Waals surface area contributed by atoms with Crippen LogP contribution in [0, 0.1) is 11.8 Å². The van der Waals surface area contributed by atoms with Gasteiger partial charge in [-0.2, -0.15) is 0 Å². The fraction of sp³-hybridized carbons (Fsp3) is 0.739. The van der Waals surface area contributed by atoms with Crippen LogP contribution in [0.25, 0.3) is 0 Å². The van der Waals surface area contributed by atoms with E-state index in [-0.39, 0.29) is 0 Å². The van der Waals surface area contributed by atoms with Crippen molar-refractivity contribution >= 4 is 0 Å². The number of likely N-dealkylation sites (tertiary alicyclic amines) is 1. The molecular weight excluding hydrogens is 304 g/mol. The van der Waals surface area contributed by atoms with Gasteiger partial charge in [0, 0.05) is 6.54 Å². The Hall–Kier alpha value is -0.860. The number of rotatable bonds is 7. The number of nitrogens with zero attached hydrogens (tertiary/aromatic N) is 1. The fourth-order valence-electron chi connectivity index (χ4n) is 5.15. The van der Waals surface area contributed by atoms with Crippen molar-refractivity contribution in [2.75, 3.05) is 26.2 Å². The number of hydrogen-bond acceptors (Lipinski definition) is 2. The third kappa shape index (κ3) is 4.86. The predicted molar refractivity (Wildman–Crippen MR) is 106 cm³/mol. The second kappa shape index (κ2) is 8.68. The van der Waals surface area contributed by atoms with Crippen molar-refractivity contribution in [3.8, 4) is 0 Å². The summed E-state index contributed by atoms with van der Waals surface area (Å²) in [4.78, 5) is 2.59. The molecule has 25 heavy (non-hydrogen) atoms. The Balaban J connectivity index is 1.14. The van der Waals surface area contributed by atoms with Gasteiger partial charge in [-0.15, -0.1) is 0 Å². The van der Waals surface area contributed by atoms with E-state index in [1.165, 1.54) is 89.5 Å². The Labute approximate surface area is 154 Å². The van der Waals surface area contributed by atoms with E-state index < -0.39 is 0 Å². The largest absolute Gasteiger partial charge is 0.316 e. The number of hydrogen-bond donors (Lipinski definition) is 1. The average Bonchev–Trinajstić information content (AvgIpc) is 3.12. The van der Waals surface area contributed by atoms with Crippen LogP contribution in [-0.2, 0) is 6.54 Å². The third-order valence-corrected chi connectivity index (χ3v) is 6.88. The normalized spacial score (nSPS) is 28.2. The van der Waals surface area contributed by atoms with Gasteiger partial charge < -0.3 is 5.32 Å². The van der Waals surface area contributed by atoms with E-state index in [0.717, 1.165) is 24.3 Å². The Kier molecular flexibility index (Phi) is 6.10. The zero-order valence-electron chi connectivity index (χ0n) is 15.9. The molecule has 0 unspecified atom stereocenters. The highest BCUT2D eigenvalue weighted by Crippen LogP contribution is 2.41. The van der Waals surface area contributed by atoms with Crippen molar-refractivity contribution in [1.82, 2.24) is 10.2 Å². The monoisotopic (exact) mass is 340 g/mol. The Morgan fingerprint density at radius 2 is 1.48 bits per heavy atom. The molecule has 0 amide bonds. The molecule has 1 aromatic rings. The smallest absolute Gasteiger partial charge is 0.0233 e. The zero-order valence-corrected chi connectivity index (χ0v) is 15.9. The fourth-order valence-corrected chi connectivity index (χ4v) is 5.15. The van der Waals surface area contributed by atoms with Gasteiger partial charge in [0.25, 0.3) is 0 Å². The molecule has 4 rings (SSSR count). The molecule has 0 spiro atoms. The Bertz CT molecular complexity index is 505. The molecule has 0 bridgehead atoms. The molecule has 2 saturated carbocycles. The standard InChI is InChI=1S/C23H36N2/c1-2-6-19(7-3-1)16-24-17-21-14-23(15-21)22-10-8-20(9-11-22)18-25-12-4-5-13-25/h8-11,19,21,23-24H,1-7,12-18H2. The molecule has 138 valence electrons. The first-order valence-electron chi connectivity index (χ1n) is 10.9. The van der Waals surface area contributed by atoms with Crippen molar-refractivity contribution in [2.24, 2.45) is 11.8 Å². The molecule has 0 atom stereocenters. The number of nitrogens with one attached hydrogen (secondary N) is 1. The Morgan fingerprint density at radius 3 is 2.20 bits per heavy atom. The molecule has 2 heteroatoms. The van der Waals surface area contributed by atoms with Gasteiger partial charge in [0.2, 0.25) is 0 Å². The van der Waals surface area contributed by atoms with Crippen molar-refractivity contribution in [2.45, 2.75) is 70.3 Å². The molecule has 2 aliphatic carbocycles. The molecule has 2 nitrogen and oxygen atoms in total. The average molecular weight is 341 g/mol. The molecule has 1 aromatic carbocycles. The highest BCUT2D eigenvalue weighted by molar-refractivity contribution is 5.27. The summed E-state index contributed by atoms with van der Waals surface area (Å²) in [7, 11) is 0. The van der Waals surface area contributed by atoms with Crippen molar-refractivity contribution in [1.29, 1.82) is 0 Å². The minimum atomic E-state index is 0.822. The Morgan fingerprint density at radius 1 is 0.800 bits per heavy atom. The van der Waals surface area contributed by atoms with E-state index in [1.54, 1.807) is 5.56 Å². The molecule has 1 N–H and O–H groups in total. The van der Waals surface area contributed by atoms with Gasteiger partial charge in [0.1, 0.15) is 0 Å². The highest BCUT2D eigenvalue weighted by Gasteiger charge is 2.30. The molecule has 3 fully saturated rings. The van der Waals surface area contributed by atoms with Gasteiger partial charge in [-0.1, -0.05) is 43.5 Å². The minimum absolute atomic E-state index is 0.822. The van der Waals surface area contributed by atoms with Gasteiger partial charge in [-0.05, 0) is 93.6 Å². The SMILES string of the molecule is c1cc(C2CC(CNCC3CCCCC3)C2)ccc1CN1CCCC1.